The maximum Gasteiger partial charge on any atom is 0.334 e. The molecule has 0 radical (unpaired) electrons. The van der Waals surface area contributed by atoms with Crippen molar-refractivity contribution in [1.82, 2.24) is 0 Å². The first-order valence-electron chi connectivity index (χ1n) is 8.97. The minimum absolute atomic E-state index is 0.130. The van der Waals surface area contributed by atoms with Crippen LogP contribution in [0, 0.1) is 10.8 Å². The van der Waals surface area contributed by atoms with Crippen molar-refractivity contribution in [2.45, 2.75) is 81.1 Å². The first kappa shape index (κ1) is 22.7. The van der Waals surface area contributed by atoms with Crippen molar-refractivity contribution in [1.29, 1.82) is 0 Å². The van der Waals surface area contributed by atoms with Crippen molar-refractivity contribution in [3.05, 3.63) is 11.1 Å². The van der Waals surface area contributed by atoms with Crippen molar-refractivity contribution in [3.8, 4) is 0 Å². The zero-order valence-electron chi connectivity index (χ0n) is 16.9. The van der Waals surface area contributed by atoms with Gasteiger partial charge in [-0.15, -0.1) is 0 Å². The molecular weight excluding hydrogens is 304 g/mol. The summed E-state index contributed by atoms with van der Waals surface area (Å²) >= 11 is 0. The Hall–Kier alpha value is -1.32. The lowest BCUT2D eigenvalue weighted by Crippen LogP contribution is -2.23. The van der Waals surface area contributed by atoms with Crippen LogP contribution in [0.3, 0.4) is 0 Å². The van der Waals surface area contributed by atoms with Gasteiger partial charge in [-0.05, 0) is 36.5 Å². The molecule has 4 heteroatoms. The lowest BCUT2D eigenvalue weighted by Gasteiger charge is -2.25. The van der Waals surface area contributed by atoms with Gasteiger partial charge in [-0.2, -0.15) is 0 Å². The van der Waals surface area contributed by atoms with E-state index in [2.05, 4.69) is 0 Å². The largest absolute Gasteiger partial charge is 0.462 e. The second-order valence-corrected chi connectivity index (χ2v) is 8.70. The SMILES string of the molecule is CCCOC(=O)C(CC(C)(C)C)=C(CC(C)(C)C)C(=O)OCCC. The third-order valence-corrected chi connectivity index (χ3v) is 3.15. The number of esters is 2. The highest BCUT2D eigenvalue weighted by Gasteiger charge is 2.30. The van der Waals surface area contributed by atoms with Gasteiger partial charge < -0.3 is 9.47 Å². The van der Waals surface area contributed by atoms with E-state index >= 15 is 0 Å². The fraction of sp³-hybridized carbons (Fsp3) is 0.800. The molecule has 0 unspecified atom stereocenters. The number of hydrogen-bond donors (Lipinski definition) is 0. The normalized spacial score (nSPS) is 13.3. The summed E-state index contributed by atoms with van der Waals surface area (Å²) in [6, 6.07) is 0. The van der Waals surface area contributed by atoms with Gasteiger partial charge in [0.25, 0.3) is 0 Å². The molecular formula is C20H36O4. The Morgan fingerprint density at radius 3 is 1.17 bits per heavy atom. The lowest BCUT2D eigenvalue weighted by molar-refractivity contribution is -0.143. The summed E-state index contributed by atoms with van der Waals surface area (Å²) in [6.07, 6.45) is 2.48. The van der Waals surface area contributed by atoms with Crippen LogP contribution in [0.4, 0.5) is 0 Å². The van der Waals surface area contributed by atoms with Crippen LogP contribution in [0.5, 0.6) is 0 Å². The predicted molar refractivity (Wildman–Crippen MR) is 97.7 cm³/mol. The summed E-state index contributed by atoms with van der Waals surface area (Å²) in [5, 5.41) is 0. The van der Waals surface area contributed by atoms with Gasteiger partial charge in [-0.1, -0.05) is 55.4 Å². The molecule has 0 aromatic heterocycles. The van der Waals surface area contributed by atoms with Gasteiger partial charge >= 0.3 is 11.9 Å². The Balaban J connectivity index is 5.88. The van der Waals surface area contributed by atoms with E-state index in [4.69, 9.17) is 9.47 Å². The molecule has 4 nitrogen and oxygen atoms in total. The van der Waals surface area contributed by atoms with Gasteiger partial charge in [0, 0.05) is 11.1 Å². The minimum atomic E-state index is -0.389. The number of ether oxygens (including phenoxy) is 2. The third-order valence-electron chi connectivity index (χ3n) is 3.15. The molecule has 0 saturated heterocycles. The molecule has 0 N–H and O–H groups in total. The number of carbonyl (C=O) groups is 2. The molecule has 0 amide bonds. The third kappa shape index (κ3) is 9.74. The molecule has 0 aliphatic rings. The minimum Gasteiger partial charge on any atom is -0.462 e. The molecule has 0 aliphatic heterocycles. The van der Waals surface area contributed by atoms with Crippen LogP contribution in [0.15, 0.2) is 11.1 Å². The van der Waals surface area contributed by atoms with Gasteiger partial charge in [0.1, 0.15) is 0 Å². The maximum atomic E-state index is 12.6. The number of hydrogen-bond acceptors (Lipinski definition) is 4. The second kappa shape index (κ2) is 9.85. The smallest absolute Gasteiger partial charge is 0.334 e. The lowest BCUT2D eigenvalue weighted by atomic mass is 9.81. The average molecular weight is 341 g/mol. The van der Waals surface area contributed by atoms with Crippen LogP contribution in [-0.4, -0.2) is 25.2 Å². The van der Waals surface area contributed by atoms with Gasteiger partial charge in [-0.25, -0.2) is 9.59 Å². The summed E-state index contributed by atoms with van der Waals surface area (Å²) in [6.45, 7) is 16.9. The summed E-state index contributed by atoms with van der Waals surface area (Å²) in [7, 11) is 0. The van der Waals surface area contributed by atoms with Crippen LogP contribution < -0.4 is 0 Å². The van der Waals surface area contributed by atoms with Crippen LogP contribution in [0.1, 0.15) is 81.1 Å². The Morgan fingerprint density at radius 1 is 0.667 bits per heavy atom. The standard InChI is InChI=1S/C20H36O4/c1-9-11-23-17(21)15(13-19(3,4)5)16(14-20(6,7)8)18(22)24-12-10-2/h9-14H2,1-8H3. The Bertz CT molecular complexity index is 405. The molecule has 0 aromatic carbocycles. The molecule has 0 heterocycles. The van der Waals surface area contributed by atoms with E-state index in [1.165, 1.54) is 0 Å². The predicted octanol–water partition coefficient (Wildman–Crippen LogP) is 5.06. The summed E-state index contributed by atoms with van der Waals surface area (Å²) in [4.78, 5) is 25.2. The van der Waals surface area contributed by atoms with Gasteiger partial charge in [0.05, 0.1) is 13.2 Å². The Kier molecular flexibility index (Phi) is 9.31. The number of rotatable bonds is 8. The van der Waals surface area contributed by atoms with Gasteiger partial charge in [-0.3, -0.25) is 0 Å². The van der Waals surface area contributed by atoms with E-state index in [-0.39, 0.29) is 22.8 Å². The fourth-order valence-electron chi connectivity index (χ4n) is 2.23. The van der Waals surface area contributed by atoms with E-state index in [0.717, 1.165) is 12.8 Å². The first-order valence-corrected chi connectivity index (χ1v) is 8.97. The molecule has 0 aliphatic carbocycles. The van der Waals surface area contributed by atoms with Crippen molar-refractivity contribution < 1.29 is 19.1 Å². The molecule has 0 saturated carbocycles. The quantitative estimate of drug-likeness (QED) is 0.458. The second-order valence-electron chi connectivity index (χ2n) is 8.70. The van der Waals surface area contributed by atoms with E-state index in [1.807, 2.05) is 55.4 Å². The molecule has 0 aromatic rings. The van der Waals surface area contributed by atoms with Crippen molar-refractivity contribution in [2.24, 2.45) is 10.8 Å². The fourth-order valence-corrected chi connectivity index (χ4v) is 2.23. The molecule has 0 atom stereocenters. The highest BCUT2D eigenvalue weighted by atomic mass is 16.5. The molecule has 24 heavy (non-hydrogen) atoms. The zero-order chi connectivity index (χ0) is 19.0. The Morgan fingerprint density at radius 2 is 0.958 bits per heavy atom. The number of carbonyl (C=O) groups excluding carboxylic acids is 2. The topological polar surface area (TPSA) is 52.6 Å². The van der Waals surface area contributed by atoms with Crippen LogP contribution in [0.25, 0.3) is 0 Å². The Labute approximate surface area is 148 Å². The van der Waals surface area contributed by atoms with E-state index in [9.17, 15) is 9.59 Å². The summed E-state index contributed by atoms with van der Waals surface area (Å²) in [5.74, 6) is -0.779. The van der Waals surface area contributed by atoms with Gasteiger partial charge in [0.15, 0.2) is 0 Å². The molecule has 140 valence electrons. The van der Waals surface area contributed by atoms with Crippen molar-refractivity contribution >= 4 is 11.9 Å². The van der Waals surface area contributed by atoms with Gasteiger partial charge in [0.2, 0.25) is 0 Å². The zero-order valence-corrected chi connectivity index (χ0v) is 16.9. The maximum absolute atomic E-state index is 12.6. The summed E-state index contributed by atoms with van der Waals surface area (Å²) < 4.78 is 10.7. The van der Waals surface area contributed by atoms with Crippen LogP contribution in [0.2, 0.25) is 0 Å². The van der Waals surface area contributed by atoms with E-state index in [0.29, 0.717) is 37.2 Å². The molecule has 0 rings (SSSR count). The average Bonchev–Trinajstić information content (AvgIpc) is 2.43. The highest BCUT2D eigenvalue weighted by molar-refractivity contribution is 6.00. The van der Waals surface area contributed by atoms with E-state index < -0.39 is 0 Å². The molecule has 0 fully saturated rings. The first-order chi connectivity index (χ1) is 10.9. The highest BCUT2D eigenvalue weighted by Crippen LogP contribution is 2.33. The van der Waals surface area contributed by atoms with Crippen molar-refractivity contribution in [3.63, 3.8) is 0 Å². The van der Waals surface area contributed by atoms with Crippen molar-refractivity contribution in [2.75, 3.05) is 13.2 Å². The van der Waals surface area contributed by atoms with Crippen LogP contribution in [-0.2, 0) is 19.1 Å². The van der Waals surface area contributed by atoms with Crippen LogP contribution >= 0.6 is 0 Å². The molecule has 0 bridgehead atoms. The van der Waals surface area contributed by atoms with E-state index in [1.54, 1.807) is 0 Å². The molecule has 0 spiro atoms. The monoisotopic (exact) mass is 340 g/mol. The summed E-state index contributed by atoms with van der Waals surface area (Å²) in [5.41, 5.74) is 0.669.